The van der Waals surface area contributed by atoms with Gasteiger partial charge in [-0.05, 0) is 43.0 Å². The summed E-state index contributed by atoms with van der Waals surface area (Å²) in [4.78, 5) is 20.4. The van der Waals surface area contributed by atoms with Crippen LogP contribution in [0.25, 0.3) is 0 Å². The Kier molecular flexibility index (Phi) is 5.15. The third-order valence-corrected chi connectivity index (χ3v) is 5.60. The van der Waals surface area contributed by atoms with Gasteiger partial charge in [0.15, 0.2) is 0 Å². The van der Waals surface area contributed by atoms with Crippen LogP contribution in [0.15, 0.2) is 48.8 Å². The van der Waals surface area contributed by atoms with Crippen LogP contribution >= 0.6 is 0 Å². The number of pyridine rings is 1. The van der Waals surface area contributed by atoms with Gasteiger partial charge in [0, 0.05) is 49.8 Å². The number of nitrogens with one attached hydrogen (secondary N) is 3. The van der Waals surface area contributed by atoms with Gasteiger partial charge in [-0.3, -0.25) is 4.98 Å². The van der Waals surface area contributed by atoms with Crippen molar-refractivity contribution in [1.29, 1.82) is 0 Å². The van der Waals surface area contributed by atoms with Crippen molar-refractivity contribution in [1.82, 2.24) is 25.3 Å². The van der Waals surface area contributed by atoms with Gasteiger partial charge in [0.25, 0.3) is 0 Å². The van der Waals surface area contributed by atoms with Gasteiger partial charge in [-0.1, -0.05) is 24.3 Å². The Labute approximate surface area is 176 Å². The van der Waals surface area contributed by atoms with Crippen LogP contribution in [-0.4, -0.2) is 51.7 Å². The molecule has 30 heavy (non-hydrogen) atoms. The first-order chi connectivity index (χ1) is 14.7. The molecule has 2 aliphatic rings. The lowest BCUT2D eigenvalue weighted by molar-refractivity contribution is 0.479. The highest BCUT2D eigenvalue weighted by atomic mass is 15.3. The molecule has 1 atom stereocenters. The van der Waals surface area contributed by atoms with E-state index in [1.165, 1.54) is 11.1 Å². The van der Waals surface area contributed by atoms with Gasteiger partial charge in [0.05, 0.1) is 0 Å². The van der Waals surface area contributed by atoms with Crippen molar-refractivity contribution in [3.8, 4) is 0 Å². The Morgan fingerprint density at radius 1 is 0.967 bits per heavy atom. The maximum atomic E-state index is 4.77. The Morgan fingerprint density at radius 3 is 2.43 bits per heavy atom. The van der Waals surface area contributed by atoms with Gasteiger partial charge in [0.2, 0.25) is 17.8 Å². The summed E-state index contributed by atoms with van der Waals surface area (Å²) in [6.45, 7) is 4.84. The lowest BCUT2D eigenvalue weighted by atomic mass is 10.1. The monoisotopic (exact) mass is 402 g/mol. The molecule has 0 saturated carbocycles. The number of hydrogen-bond donors (Lipinski definition) is 3. The second-order valence-electron chi connectivity index (χ2n) is 7.96. The molecule has 3 aromatic rings. The average molecular weight is 403 g/mol. The molecule has 2 aromatic heterocycles. The number of anilines is 4. The number of hydrogen-bond acceptors (Lipinski definition) is 8. The molecule has 3 N–H and O–H groups in total. The van der Waals surface area contributed by atoms with Crippen LogP contribution in [0.5, 0.6) is 0 Å². The zero-order chi connectivity index (χ0) is 20.3. The van der Waals surface area contributed by atoms with Crippen LogP contribution in [0.3, 0.4) is 0 Å². The summed E-state index contributed by atoms with van der Waals surface area (Å²) in [6, 6.07) is 13.1. The SMILES string of the molecule is C[C@H]1CN(c2nc(Nc3ccncc3)nc(NC3Cc4ccccc4C3)n2)CCN1. The van der Waals surface area contributed by atoms with E-state index in [4.69, 9.17) is 9.97 Å². The van der Waals surface area contributed by atoms with Crippen molar-refractivity contribution in [2.75, 3.05) is 35.2 Å². The molecule has 8 heteroatoms. The molecule has 1 fully saturated rings. The molecule has 3 heterocycles. The molecule has 8 nitrogen and oxygen atoms in total. The van der Waals surface area contributed by atoms with E-state index >= 15 is 0 Å². The van der Waals surface area contributed by atoms with E-state index in [0.29, 0.717) is 23.9 Å². The van der Waals surface area contributed by atoms with Gasteiger partial charge in [0.1, 0.15) is 0 Å². The molecule has 0 bridgehead atoms. The first-order valence-electron chi connectivity index (χ1n) is 10.5. The van der Waals surface area contributed by atoms with Crippen molar-refractivity contribution in [2.24, 2.45) is 0 Å². The van der Waals surface area contributed by atoms with Crippen molar-refractivity contribution >= 4 is 23.5 Å². The first kappa shape index (κ1) is 18.7. The van der Waals surface area contributed by atoms with Crippen LogP contribution in [0.2, 0.25) is 0 Å². The molecule has 0 amide bonds. The van der Waals surface area contributed by atoms with Gasteiger partial charge < -0.3 is 20.9 Å². The number of nitrogens with zero attached hydrogens (tertiary/aromatic N) is 5. The predicted molar refractivity (Wildman–Crippen MR) is 118 cm³/mol. The van der Waals surface area contributed by atoms with Crippen LogP contribution in [0.4, 0.5) is 23.5 Å². The second kappa shape index (κ2) is 8.23. The second-order valence-corrected chi connectivity index (χ2v) is 7.96. The number of fused-ring (bicyclic) bond motifs is 1. The Hall–Kier alpha value is -3.26. The highest BCUT2D eigenvalue weighted by molar-refractivity contribution is 5.55. The predicted octanol–water partition coefficient (Wildman–Crippen LogP) is 2.39. The molecule has 0 unspecified atom stereocenters. The van der Waals surface area contributed by atoms with Crippen LogP contribution in [0.1, 0.15) is 18.1 Å². The summed E-state index contributed by atoms with van der Waals surface area (Å²) in [7, 11) is 0. The minimum Gasteiger partial charge on any atom is -0.351 e. The molecule has 5 rings (SSSR count). The summed E-state index contributed by atoms with van der Waals surface area (Å²) in [6.07, 6.45) is 5.46. The van der Waals surface area contributed by atoms with E-state index in [1.54, 1.807) is 12.4 Å². The summed E-state index contributed by atoms with van der Waals surface area (Å²) in [5, 5.41) is 10.3. The fourth-order valence-electron chi connectivity index (χ4n) is 4.15. The number of rotatable bonds is 5. The third-order valence-electron chi connectivity index (χ3n) is 5.60. The van der Waals surface area contributed by atoms with Gasteiger partial charge in [-0.15, -0.1) is 0 Å². The quantitative estimate of drug-likeness (QED) is 0.599. The minimum atomic E-state index is 0.286. The number of piperazine rings is 1. The normalized spacial score (nSPS) is 18.8. The summed E-state index contributed by atoms with van der Waals surface area (Å²) >= 11 is 0. The maximum Gasteiger partial charge on any atom is 0.233 e. The van der Waals surface area contributed by atoms with Crippen LogP contribution in [0, 0.1) is 0 Å². The standard InChI is InChI=1S/C22H26N8/c1-15-14-30(11-10-24-15)22-28-20(25-18-6-8-23-9-7-18)27-21(29-22)26-19-12-16-4-2-3-5-17(16)13-19/h2-9,15,19,24H,10-14H2,1H3,(H2,23,25,26,27,28,29)/t15-/m0/s1. The summed E-state index contributed by atoms with van der Waals surface area (Å²) < 4.78 is 0. The Bertz CT molecular complexity index is 984. The minimum absolute atomic E-state index is 0.286. The van der Waals surface area contributed by atoms with Crippen molar-refractivity contribution in [3.05, 3.63) is 59.9 Å². The Morgan fingerprint density at radius 2 is 1.70 bits per heavy atom. The lowest BCUT2D eigenvalue weighted by Gasteiger charge is -2.32. The largest absolute Gasteiger partial charge is 0.351 e. The summed E-state index contributed by atoms with van der Waals surface area (Å²) in [5.41, 5.74) is 3.70. The number of aromatic nitrogens is 4. The van der Waals surface area contributed by atoms with Crippen molar-refractivity contribution < 1.29 is 0 Å². The van der Waals surface area contributed by atoms with Gasteiger partial charge in [-0.25, -0.2) is 0 Å². The van der Waals surface area contributed by atoms with E-state index in [0.717, 1.165) is 38.2 Å². The molecule has 154 valence electrons. The van der Waals surface area contributed by atoms with Gasteiger partial charge >= 0.3 is 0 Å². The zero-order valence-electron chi connectivity index (χ0n) is 17.0. The fraction of sp³-hybridized carbons (Fsp3) is 0.364. The van der Waals surface area contributed by atoms with E-state index in [2.05, 4.69) is 62.0 Å². The topological polar surface area (TPSA) is 90.9 Å². The van der Waals surface area contributed by atoms with Crippen LogP contribution in [-0.2, 0) is 12.8 Å². The molecule has 1 aromatic carbocycles. The third kappa shape index (κ3) is 4.18. The summed E-state index contributed by atoms with van der Waals surface area (Å²) in [5.74, 6) is 1.85. The first-order valence-corrected chi connectivity index (χ1v) is 10.5. The van der Waals surface area contributed by atoms with Crippen molar-refractivity contribution in [2.45, 2.75) is 31.8 Å². The molecule has 0 radical (unpaired) electrons. The Balaban J connectivity index is 1.40. The molecular weight excluding hydrogens is 376 g/mol. The lowest BCUT2D eigenvalue weighted by Crippen LogP contribution is -2.50. The molecule has 1 aliphatic carbocycles. The van der Waals surface area contributed by atoms with Crippen molar-refractivity contribution in [3.63, 3.8) is 0 Å². The molecule has 0 spiro atoms. The van der Waals surface area contributed by atoms with E-state index in [9.17, 15) is 0 Å². The smallest absolute Gasteiger partial charge is 0.233 e. The zero-order valence-corrected chi connectivity index (χ0v) is 17.0. The molecule has 1 aliphatic heterocycles. The maximum absolute atomic E-state index is 4.77. The average Bonchev–Trinajstić information content (AvgIpc) is 3.16. The highest BCUT2D eigenvalue weighted by Gasteiger charge is 2.24. The van der Waals surface area contributed by atoms with Gasteiger partial charge in [-0.2, -0.15) is 15.0 Å². The van der Waals surface area contributed by atoms with Crippen LogP contribution < -0.4 is 20.9 Å². The molecule has 1 saturated heterocycles. The molecular formula is C22H26N8. The van der Waals surface area contributed by atoms with E-state index < -0.39 is 0 Å². The van der Waals surface area contributed by atoms with E-state index in [-0.39, 0.29) is 6.04 Å². The fourth-order valence-corrected chi connectivity index (χ4v) is 4.15. The number of benzene rings is 1. The van der Waals surface area contributed by atoms with E-state index in [1.807, 2.05) is 12.1 Å². The highest BCUT2D eigenvalue weighted by Crippen LogP contribution is 2.25.